The summed E-state index contributed by atoms with van der Waals surface area (Å²) < 4.78 is 9.73. The molecule has 0 bridgehead atoms. The van der Waals surface area contributed by atoms with Crippen LogP contribution in [0.5, 0.6) is 0 Å². The minimum atomic E-state index is -4.64. The van der Waals surface area contributed by atoms with E-state index in [0.717, 1.165) is 11.0 Å². The third-order valence-corrected chi connectivity index (χ3v) is 0.771. The van der Waals surface area contributed by atoms with E-state index in [1.807, 2.05) is 0 Å². The standard InChI is InChI=1S/C5H14NO.Na.H3O4P.H/c1-6(2,3)4-5-7;;1-5(2,3)4;/h7H,4-5H2,1-3H3;;(H3,1,2,3,4);/q+1;;;. The van der Waals surface area contributed by atoms with Crippen molar-refractivity contribution in [3.8, 4) is 0 Å². The van der Waals surface area contributed by atoms with Gasteiger partial charge in [0.25, 0.3) is 0 Å². The molecule has 0 radical (unpaired) electrons. The van der Waals surface area contributed by atoms with Crippen molar-refractivity contribution in [3.05, 3.63) is 0 Å². The fraction of sp³-hybridized carbons (Fsp3) is 1.00. The topological polar surface area (TPSA) is 98.0 Å². The van der Waals surface area contributed by atoms with Gasteiger partial charge in [0.15, 0.2) is 0 Å². The van der Waals surface area contributed by atoms with Crippen LogP contribution in [-0.4, -0.2) is 88.1 Å². The van der Waals surface area contributed by atoms with E-state index in [0.29, 0.717) is 0 Å². The quantitative estimate of drug-likeness (QED) is 0.251. The number of likely N-dealkylation sites (N-methyl/N-ethyl adjacent to an activating group) is 1. The molecule has 6 nitrogen and oxygen atoms in total. The van der Waals surface area contributed by atoms with Gasteiger partial charge in [-0.3, -0.25) is 0 Å². The van der Waals surface area contributed by atoms with E-state index < -0.39 is 7.82 Å². The first-order valence-corrected chi connectivity index (χ1v) is 4.82. The van der Waals surface area contributed by atoms with Crippen molar-refractivity contribution < 1.29 is 28.8 Å². The predicted octanol–water partition coefficient (Wildman–Crippen LogP) is -1.89. The van der Waals surface area contributed by atoms with Crippen molar-refractivity contribution in [1.29, 1.82) is 0 Å². The maximum atomic E-state index is 8.88. The Morgan fingerprint density at radius 1 is 1.15 bits per heavy atom. The molecule has 13 heavy (non-hydrogen) atoms. The van der Waals surface area contributed by atoms with Gasteiger partial charge in [-0.1, -0.05) is 0 Å². The van der Waals surface area contributed by atoms with Gasteiger partial charge in [0.1, 0.15) is 6.54 Å². The van der Waals surface area contributed by atoms with E-state index in [1.165, 1.54) is 0 Å². The summed E-state index contributed by atoms with van der Waals surface area (Å²) in [5.74, 6) is 0. The van der Waals surface area contributed by atoms with Gasteiger partial charge >= 0.3 is 37.4 Å². The molecule has 78 valence electrons. The average molecular weight is 226 g/mol. The summed E-state index contributed by atoms with van der Waals surface area (Å²) in [5.41, 5.74) is 0. The molecule has 0 rings (SSSR count). The molecule has 0 heterocycles. The Kier molecular flexibility index (Phi) is 12.6. The molecular weight excluding hydrogens is 208 g/mol. The first kappa shape index (κ1) is 19.6. The van der Waals surface area contributed by atoms with Gasteiger partial charge in [-0.05, 0) is 0 Å². The van der Waals surface area contributed by atoms with Crippen LogP contribution in [0.3, 0.4) is 0 Å². The van der Waals surface area contributed by atoms with Gasteiger partial charge in [-0.25, -0.2) is 4.57 Å². The van der Waals surface area contributed by atoms with Crippen LogP contribution in [0.1, 0.15) is 0 Å². The van der Waals surface area contributed by atoms with Crippen molar-refractivity contribution >= 4 is 37.4 Å². The number of nitrogens with zero attached hydrogens (tertiary/aromatic N) is 1. The molecule has 0 unspecified atom stereocenters. The summed E-state index contributed by atoms with van der Waals surface area (Å²) >= 11 is 0. The molecule has 0 saturated heterocycles. The van der Waals surface area contributed by atoms with Crippen molar-refractivity contribution in [2.45, 2.75) is 0 Å². The summed E-state index contributed by atoms with van der Waals surface area (Å²) in [7, 11) is 1.52. The average Bonchev–Trinajstić information content (AvgIpc) is 1.54. The first-order chi connectivity index (χ1) is 5.06. The Labute approximate surface area is 100 Å². The van der Waals surface area contributed by atoms with E-state index in [2.05, 4.69) is 21.1 Å². The molecule has 0 saturated carbocycles. The second kappa shape index (κ2) is 8.35. The Balaban J connectivity index is -0.000000150. The van der Waals surface area contributed by atoms with E-state index >= 15 is 0 Å². The number of quaternary nitrogens is 1. The van der Waals surface area contributed by atoms with Gasteiger partial charge in [0.05, 0.1) is 27.7 Å². The van der Waals surface area contributed by atoms with E-state index in [4.69, 9.17) is 24.4 Å². The summed E-state index contributed by atoms with van der Waals surface area (Å²) in [6.45, 7) is 1.11. The monoisotopic (exact) mass is 226 g/mol. The molecule has 0 aliphatic carbocycles. The number of hydrogen-bond donors (Lipinski definition) is 4. The van der Waals surface area contributed by atoms with Crippen LogP contribution in [-0.2, 0) is 4.57 Å². The SMILES string of the molecule is C[N+](C)(C)CCO.O=P(O)(O)O.[NaH]. The molecule has 0 aromatic heterocycles. The van der Waals surface area contributed by atoms with Crippen LogP contribution in [0.25, 0.3) is 0 Å². The molecule has 0 aliphatic heterocycles. The van der Waals surface area contributed by atoms with Crippen LogP contribution >= 0.6 is 7.82 Å². The second-order valence-corrected chi connectivity index (χ2v) is 4.28. The number of hydrogen-bond acceptors (Lipinski definition) is 2. The molecule has 0 fully saturated rings. The summed E-state index contributed by atoms with van der Waals surface area (Å²) in [5, 5.41) is 8.39. The number of rotatable bonds is 2. The molecule has 8 heteroatoms. The van der Waals surface area contributed by atoms with E-state index in [9.17, 15) is 0 Å². The van der Waals surface area contributed by atoms with E-state index in [-0.39, 0.29) is 36.2 Å². The zero-order valence-electron chi connectivity index (χ0n) is 7.51. The van der Waals surface area contributed by atoms with Gasteiger partial charge in [0, 0.05) is 0 Å². The molecule has 0 atom stereocenters. The maximum absolute atomic E-state index is 8.88. The van der Waals surface area contributed by atoms with Crippen LogP contribution < -0.4 is 0 Å². The molecule has 4 N–H and O–H groups in total. The Morgan fingerprint density at radius 2 is 1.38 bits per heavy atom. The Bertz CT molecular complexity index is 145. The first-order valence-electron chi connectivity index (χ1n) is 3.26. The van der Waals surface area contributed by atoms with Crippen molar-refractivity contribution in [1.82, 2.24) is 0 Å². The number of phosphoric acid groups is 1. The summed E-state index contributed by atoms with van der Waals surface area (Å²) in [4.78, 5) is 21.6. The summed E-state index contributed by atoms with van der Waals surface area (Å²) in [6, 6.07) is 0. The normalized spacial score (nSPS) is 11.0. The van der Waals surface area contributed by atoms with Gasteiger partial charge in [0.2, 0.25) is 0 Å². The third-order valence-electron chi connectivity index (χ3n) is 0.771. The Morgan fingerprint density at radius 3 is 1.38 bits per heavy atom. The molecular formula is C5H18NNaO5P+. The van der Waals surface area contributed by atoms with Gasteiger partial charge < -0.3 is 24.3 Å². The fourth-order valence-electron chi connectivity index (χ4n) is 0.300. The van der Waals surface area contributed by atoms with Crippen molar-refractivity contribution in [3.63, 3.8) is 0 Å². The minimum absolute atomic E-state index is 0. The van der Waals surface area contributed by atoms with E-state index in [1.54, 1.807) is 0 Å². The predicted molar refractivity (Wildman–Crippen MR) is 51.4 cm³/mol. The zero-order valence-corrected chi connectivity index (χ0v) is 8.40. The second-order valence-electron chi connectivity index (χ2n) is 3.25. The number of aliphatic hydroxyl groups excluding tert-OH is 1. The van der Waals surface area contributed by atoms with Crippen molar-refractivity contribution in [2.24, 2.45) is 0 Å². The Hall–Kier alpha value is 1.03. The zero-order chi connectivity index (χ0) is 10.4. The molecule has 0 aromatic carbocycles. The number of aliphatic hydroxyl groups is 1. The van der Waals surface area contributed by atoms with Crippen LogP contribution in [0.15, 0.2) is 0 Å². The van der Waals surface area contributed by atoms with Crippen LogP contribution in [0, 0.1) is 0 Å². The van der Waals surface area contributed by atoms with Gasteiger partial charge in [-0.2, -0.15) is 0 Å². The van der Waals surface area contributed by atoms with Crippen LogP contribution in [0.2, 0.25) is 0 Å². The molecule has 0 spiro atoms. The molecule has 0 aromatic rings. The van der Waals surface area contributed by atoms with Gasteiger partial charge in [-0.15, -0.1) is 0 Å². The molecule has 0 aliphatic rings. The third kappa shape index (κ3) is 62.7. The summed E-state index contributed by atoms with van der Waals surface area (Å²) in [6.07, 6.45) is 0. The molecule has 0 amide bonds. The van der Waals surface area contributed by atoms with Crippen molar-refractivity contribution in [2.75, 3.05) is 34.3 Å². The fourth-order valence-corrected chi connectivity index (χ4v) is 0.300. The van der Waals surface area contributed by atoms with Crippen LogP contribution in [0.4, 0.5) is 0 Å².